The zero-order valence-corrected chi connectivity index (χ0v) is 10.8. The number of benzene rings is 1. The average Bonchev–Trinajstić information content (AvgIpc) is 2.40. The molecule has 0 fully saturated rings. The highest BCUT2D eigenvalue weighted by molar-refractivity contribution is 5.22. The molecule has 100 valence electrons. The lowest BCUT2D eigenvalue weighted by Gasteiger charge is -2.12. The molecule has 0 spiro atoms. The smallest absolute Gasteiger partial charge is 0.233 e. The van der Waals surface area contributed by atoms with Crippen molar-refractivity contribution in [3.05, 3.63) is 53.0 Å². The first-order valence-corrected chi connectivity index (χ1v) is 5.93. The number of rotatable bonds is 4. The fourth-order valence-electron chi connectivity index (χ4n) is 1.54. The monoisotopic (exact) mass is 262 g/mol. The SMILES string of the molecule is Cc1cc(OC[C@H](O)c2ccc(F)cc2)nnc1C. The van der Waals surface area contributed by atoms with E-state index in [2.05, 4.69) is 10.2 Å². The topological polar surface area (TPSA) is 55.2 Å². The molecule has 1 atom stereocenters. The van der Waals surface area contributed by atoms with Gasteiger partial charge in [0.05, 0.1) is 5.69 Å². The molecule has 0 bridgehead atoms. The van der Waals surface area contributed by atoms with Crippen molar-refractivity contribution < 1.29 is 14.2 Å². The maximum Gasteiger partial charge on any atom is 0.233 e. The molecule has 0 unspecified atom stereocenters. The van der Waals surface area contributed by atoms with Crippen LogP contribution in [0.1, 0.15) is 22.9 Å². The molecule has 2 rings (SSSR count). The third-order valence-electron chi connectivity index (χ3n) is 2.85. The van der Waals surface area contributed by atoms with E-state index in [0.717, 1.165) is 11.3 Å². The van der Waals surface area contributed by atoms with E-state index >= 15 is 0 Å². The Morgan fingerprint density at radius 1 is 1.21 bits per heavy atom. The van der Waals surface area contributed by atoms with E-state index in [1.54, 1.807) is 6.07 Å². The second kappa shape index (κ2) is 5.75. The fourth-order valence-corrected chi connectivity index (χ4v) is 1.54. The summed E-state index contributed by atoms with van der Waals surface area (Å²) < 4.78 is 18.1. The third kappa shape index (κ3) is 3.48. The molecular weight excluding hydrogens is 247 g/mol. The summed E-state index contributed by atoms with van der Waals surface area (Å²) in [5, 5.41) is 17.7. The van der Waals surface area contributed by atoms with Crippen LogP contribution < -0.4 is 4.74 Å². The molecule has 0 aliphatic carbocycles. The first-order valence-electron chi connectivity index (χ1n) is 5.93. The second-order valence-electron chi connectivity index (χ2n) is 4.33. The van der Waals surface area contributed by atoms with E-state index in [1.165, 1.54) is 24.3 Å². The summed E-state index contributed by atoms with van der Waals surface area (Å²) in [6, 6.07) is 7.41. The molecular formula is C14H15FN2O2. The van der Waals surface area contributed by atoms with Crippen molar-refractivity contribution in [2.45, 2.75) is 20.0 Å². The van der Waals surface area contributed by atoms with Crippen LogP contribution in [0.2, 0.25) is 0 Å². The van der Waals surface area contributed by atoms with E-state index < -0.39 is 6.10 Å². The summed E-state index contributed by atoms with van der Waals surface area (Å²) in [4.78, 5) is 0. The molecule has 0 radical (unpaired) electrons. The van der Waals surface area contributed by atoms with Gasteiger partial charge < -0.3 is 9.84 Å². The molecule has 1 aromatic heterocycles. The lowest BCUT2D eigenvalue weighted by molar-refractivity contribution is 0.105. The van der Waals surface area contributed by atoms with Crippen molar-refractivity contribution in [1.29, 1.82) is 0 Å². The Balaban J connectivity index is 1.98. The van der Waals surface area contributed by atoms with E-state index in [1.807, 2.05) is 13.8 Å². The minimum atomic E-state index is -0.830. The Labute approximate surface area is 110 Å². The zero-order chi connectivity index (χ0) is 13.8. The largest absolute Gasteiger partial charge is 0.473 e. The lowest BCUT2D eigenvalue weighted by atomic mass is 10.1. The Morgan fingerprint density at radius 3 is 2.53 bits per heavy atom. The number of hydrogen-bond donors (Lipinski definition) is 1. The van der Waals surface area contributed by atoms with Crippen LogP contribution in [0.25, 0.3) is 0 Å². The molecule has 1 heterocycles. The number of aryl methyl sites for hydroxylation is 2. The Morgan fingerprint density at radius 2 is 1.89 bits per heavy atom. The lowest BCUT2D eigenvalue weighted by Crippen LogP contribution is -2.11. The van der Waals surface area contributed by atoms with Crippen LogP contribution in [0.15, 0.2) is 30.3 Å². The maximum atomic E-state index is 12.8. The van der Waals surface area contributed by atoms with Gasteiger partial charge in [0.15, 0.2) is 0 Å². The highest BCUT2D eigenvalue weighted by Crippen LogP contribution is 2.16. The number of aliphatic hydroxyl groups excluding tert-OH is 1. The molecule has 0 aliphatic rings. The van der Waals surface area contributed by atoms with Crippen molar-refractivity contribution in [2.24, 2.45) is 0 Å². The molecule has 5 heteroatoms. The van der Waals surface area contributed by atoms with Crippen molar-refractivity contribution >= 4 is 0 Å². The van der Waals surface area contributed by atoms with Gasteiger partial charge in [0, 0.05) is 6.07 Å². The summed E-state index contributed by atoms with van der Waals surface area (Å²) in [7, 11) is 0. The summed E-state index contributed by atoms with van der Waals surface area (Å²) in [5.41, 5.74) is 2.41. The number of halogens is 1. The van der Waals surface area contributed by atoms with Gasteiger partial charge in [-0.2, -0.15) is 5.10 Å². The predicted octanol–water partition coefficient (Wildman–Crippen LogP) is 2.34. The summed E-state index contributed by atoms with van der Waals surface area (Å²) in [6.45, 7) is 3.82. The van der Waals surface area contributed by atoms with Gasteiger partial charge in [0.25, 0.3) is 0 Å². The first kappa shape index (κ1) is 13.4. The van der Waals surface area contributed by atoms with Crippen LogP contribution in [-0.4, -0.2) is 21.9 Å². The van der Waals surface area contributed by atoms with E-state index in [4.69, 9.17) is 4.74 Å². The van der Waals surface area contributed by atoms with Crippen LogP contribution in [-0.2, 0) is 0 Å². The quantitative estimate of drug-likeness (QED) is 0.919. The Kier molecular flexibility index (Phi) is 4.06. The minimum Gasteiger partial charge on any atom is -0.473 e. The van der Waals surface area contributed by atoms with Crippen LogP contribution >= 0.6 is 0 Å². The number of aliphatic hydroxyl groups is 1. The molecule has 0 saturated carbocycles. The van der Waals surface area contributed by atoms with Gasteiger partial charge >= 0.3 is 0 Å². The highest BCUT2D eigenvalue weighted by atomic mass is 19.1. The van der Waals surface area contributed by atoms with Crippen molar-refractivity contribution in [3.8, 4) is 5.88 Å². The number of aromatic nitrogens is 2. The fraction of sp³-hybridized carbons (Fsp3) is 0.286. The van der Waals surface area contributed by atoms with Gasteiger partial charge in [0.1, 0.15) is 18.5 Å². The van der Waals surface area contributed by atoms with Crippen molar-refractivity contribution in [3.63, 3.8) is 0 Å². The van der Waals surface area contributed by atoms with Crippen LogP contribution in [0.3, 0.4) is 0 Å². The van der Waals surface area contributed by atoms with Gasteiger partial charge in [-0.3, -0.25) is 0 Å². The molecule has 19 heavy (non-hydrogen) atoms. The third-order valence-corrected chi connectivity index (χ3v) is 2.85. The minimum absolute atomic E-state index is 0.0445. The first-order chi connectivity index (χ1) is 9.06. The molecule has 2 aromatic rings. The summed E-state index contributed by atoms with van der Waals surface area (Å²) in [6.07, 6.45) is -0.830. The predicted molar refractivity (Wildman–Crippen MR) is 68.4 cm³/mol. The summed E-state index contributed by atoms with van der Waals surface area (Å²) >= 11 is 0. The molecule has 1 aromatic carbocycles. The number of ether oxygens (including phenoxy) is 1. The van der Waals surface area contributed by atoms with Crippen LogP contribution in [0, 0.1) is 19.7 Å². The standard InChI is InChI=1S/C14H15FN2O2/c1-9-7-14(17-16-10(9)2)19-8-13(18)11-3-5-12(15)6-4-11/h3-7,13,18H,8H2,1-2H3/t13-/m0/s1. The Hall–Kier alpha value is -2.01. The van der Waals surface area contributed by atoms with E-state index in [-0.39, 0.29) is 12.4 Å². The average molecular weight is 262 g/mol. The van der Waals surface area contributed by atoms with Gasteiger partial charge in [-0.05, 0) is 37.1 Å². The van der Waals surface area contributed by atoms with E-state index in [0.29, 0.717) is 11.4 Å². The summed E-state index contributed by atoms with van der Waals surface area (Å²) in [5.74, 6) is 0.0288. The maximum absolute atomic E-state index is 12.8. The molecule has 0 aliphatic heterocycles. The molecule has 0 saturated heterocycles. The second-order valence-corrected chi connectivity index (χ2v) is 4.33. The van der Waals surface area contributed by atoms with Gasteiger partial charge in [0.2, 0.25) is 5.88 Å². The zero-order valence-electron chi connectivity index (χ0n) is 10.8. The highest BCUT2D eigenvalue weighted by Gasteiger charge is 2.09. The van der Waals surface area contributed by atoms with Gasteiger partial charge in [-0.1, -0.05) is 12.1 Å². The molecule has 4 nitrogen and oxygen atoms in total. The number of nitrogens with zero attached hydrogens (tertiary/aromatic N) is 2. The van der Waals surface area contributed by atoms with Crippen molar-refractivity contribution in [2.75, 3.05) is 6.61 Å². The van der Waals surface area contributed by atoms with Crippen molar-refractivity contribution in [1.82, 2.24) is 10.2 Å². The normalized spacial score (nSPS) is 12.2. The Bertz CT molecular complexity index is 558. The van der Waals surface area contributed by atoms with Gasteiger partial charge in [-0.15, -0.1) is 5.10 Å². The van der Waals surface area contributed by atoms with Crippen LogP contribution in [0.5, 0.6) is 5.88 Å². The molecule has 1 N–H and O–H groups in total. The van der Waals surface area contributed by atoms with E-state index in [9.17, 15) is 9.50 Å². The van der Waals surface area contributed by atoms with Gasteiger partial charge in [-0.25, -0.2) is 4.39 Å². The van der Waals surface area contributed by atoms with Crippen LogP contribution in [0.4, 0.5) is 4.39 Å². The molecule has 0 amide bonds. The number of hydrogen-bond acceptors (Lipinski definition) is 4.